The zero-order valence-corrected chi connectivity index (χ0v) is 21.6. The van der Waals surface area contributed by atoms with Gasteiger partial charge in [-0.1, -0.05) is 6.92 Å². The van der Waals surface area contributed by atoms with E-state index in [9.17, 15) is 14.0 Å². The molecule has 1 aromatic carbocycles. The van der Waals surface area contributed by atoms with E-state index in [1.54, 1.807) is 46.9 Å². The number of fused-ring (bicyclic) bond motifs is 2. The first-order valence-electron chi connectivity index (χ1n) is 12.4. The van der Waals surface area contributed by atoms with Gasteiger partial charge in [-0.2, -0.15) is 0 Å². The number of pyridine rings is 2. The minimum Gasteiger partial charge on any atom is -0.444 e. The maximum atomic E-state index is 15.3. The van der Waals surface area contributed by atoms with Crippen LogP contribution >= 0.6 is 0 Å². The molecule has 0 N–H and O–H groups in total. The molecule has 1 aliphatic rings. The highest BCUT2D eigenvalue weighted by atomic mass is 19.1. The van der Waals surface area contributed by atoms with Crippen LogP contribution in [-0.2, 0) is 11.3 Å². The Balaban J connectivity index is 1.43. The van der Waals surface area contributed by atoms with Gasteiger partial charge in [0.1, 0.15) is 11.4 Å². The quantitative estimate of drug-likeness (QED) is 0.371. The molecule has 1 aliphatic heterocycles. The van der Waals surface area contributed by atoms with Crippen LogP contribution in [0.2, 0.25) is 0 Å². The molecular weight excluding hydrogens is 478 g/mol. The van der Waals surface area contributed by atoms with Gasteiger partial charge < -0.3 is 18.6 Å². The number of rotatable bonds is 3. The molecule has 37 heavy (non-hydrogen) atoms. The summed E-state index contributed by atoms with van der Waals surface area (Å²) >= 11 is 0. The average Bonchev–Trinajstić information content (AvgIpc) is 3.36. The summed E-state index contributed by atoms with van der Waals surface area (Å²) in [5, 5.41) is 0.425. The number of imidazole rings is 1. The second-order valence-corrected chi connectivity index (χ2v) is 11.0. The van der Waals surface area contributed by atoms with E-state index >= 15 is 4.39 Å². The van der Waals surface area contributed by atoms with Gasteiger partial charge in [0, 0.05) is 43.8 Å². The molecule has 9 heteroatoms. The maximum absolute atomic E-state index is 15.3. The normalized spacial score (nSPS) is 18.2. The summed E-state index contributed by atoms with van der Waals surface area (Å²) in [4.78, 5) is 31.6. The van der Waals surface area contributed by atoms with Crippen molar-refractivity contribution in [1.82, 2.24) is 18.9 Å². The zero-order chi connectivity index (χ0) is 26.6. The van der Waals surface area contributed by atoms with Crippen molar-refractivity contribution in [3.8, 4) is 11.1 Å². The van der Waals surface area contributed by atoms with Crippen molar-refractivity contribution in [2.24, 2.45) is 11.8 Å². The highest BCUT2D eigenvalue weighted by Crippen LogP contribution is 2.29. The molecular formula is C28H30F2N4O3. The van der Waals surface area contributed by atoms with Crippen LogP contribution in [0.4, 0.5) is 13.6 Å². The Morgan fingerprint density at radius 3 is 2.57 bits per heavy atom. The Labute approximate surface area is 213 Å². The van der Waals surface area contributed by atoms with Gasteiger partial charge in [-0.15, -0.1) is 0 Å². The SMILES string of the molecule is Cc1cn2cc(-c3cc(F)c4c(=O)n(C[C@@H]5CN(C(=O)OC(C)(C)C)C[C@@H]5C)ccc4c3)cc(F)c2n1. The minimum absolute atomic E-state index is 0.0130. The van der Waals surface area contributed by atoms with Gasteiger partial charge in [0.2, 0.25) is 0 Å². The molecule has 2 atom stereocenters. The fraction of sp³-hybridized carbons (Fsp3) is 0.393. The van der Waals surface area contributed by atoms with Crippen molar-refractivity contribution in [2.45, 2.75) is 46.8 Å². The summed E-state index contributed by atoms with van der Waals surface area (Å²) in [6.07, 6.45) is 4.68. The average molecular weight is 509 g/mol. The molecule has 4 heterocycles. The van der Waals surface area contributed by atoms with Crippen molar-refractivity contribution in [3.63, 3.8) is 0 Å². The Kier molecular flexibility index (Phi) is 6.04. The number of amides is 1. The number of halogens is 2. The molecule has 194 valence electrons. The fourth-order valence-corrected chi connectivity index (χ4v) is 5.01. The third-order valence-corrected chi connectivity index (χ3v) is 6.84. The number of benzene rings is 1. The van der Waals surface area contributed by atoms with E-state index in [0.29, 0.717) is 41.8 Å². The predicted octanol–water partition coefficient (Wildman–Crippen LogP) is 5.41. The summed E-state index contributed by atoms with van der Waals surface area (Å²) in [5.74, 6) is -0.992. The Morgan fingerprint density at radius 1 is 1.11 bits per heavy atom. The Hall–Kier alpha value is -3.75. The molecule has 1 saturated heterocycles. The third-order valence-electron chi connectivity index (χ3n) is 6.84. The van der Waals surface area contributed by atoms with E-state index in [1.807, 2.05) is 27.7 Å². The lowest BCUT2D eigenvalue weighted by atomic mass is 9.98. The molecule has 1 fully saturated rings. The van der Waals surface area contributed by atoms with E-state index in [-0.39, 0.29) is 29.0 Å². The molecule has 0 unspecified atom stereocenters. The number of ether oxygens (including phenoxy) is 1. The second-order valence-electron chi connectivity index (χ2n) is 11.0. The van der Waals surface area contributed by atoms with Gasteiger partial charge in [-0.25, -0.2) is 18.6 Å². The lowest BCUT2D eigenvalue weighted by Gasteiger charge is -2.24. The molecule has 4 aromatic rings. The molecule has 1 amide bonds. The number of nitrogens with zero attached hydrogens (tertiary/aromatic N) is 4. The number of aryl methyl sites for hydroxylation is 1. The number of hydrogen-bond donors (Lipinski definition) is 0. The van der Waals surface area contributed by atoms with Crippen molar-refractivity contribution in [3.05, 3.63) is 70.5 Å². The van der Waals surface area contributed by atoms with Gasteiger partial charge in [0.15, 0.2) is 11.5 Å². The van der Waals surface area contributed by atoms with Crippen molar-refractivity contribution in [1.29, 1.82) is 0 Å². The number of hydrogen-bond acceptors (Lipinski definition) is 4. The Morgan fingerprint density at radius 2 is 1.84 bits per heavy atom. The molecule has 7 nitrogen and oxygen atoms in total. The van der Waals surface area contributed by atoms with E-state index in [1.165, 1.54) is 16.7 Å². The van der Waals surface area contributed by atoms with Gasteiger partial charge in [0.25, 0.3) is 5.56 Å². The highest BCUT2D eigenvalue weighted by molar-refractivity contribution is 5.87. The smallest absolute Gasteiger partial charge is 0.410 e. The second kappa shape index (κ2) is 8.97. The van der Waals surface area contributed by atoms with Gasteiger partial charge >= 0.3 is 6.09 Å². The van der Waals surface area contributed by atoms with Crippen LogP contribution in [0.5, 0.6) is 0 Å². The van der Waals surface area contributed by atoms with Gasteiger partial charge in [-0.3, -0.25) is 4.79 Å². The van der Waals surface area contributed by atoms with Crippen LogP contribution in [-0.4, -0.2) is 43.6 Å². The summed E-state index contributed by atoms with van der Waals surface area (Å²) < 4.78 is 38.5. The van der Waals surface area contributed by atoms with Crippen molar-refractivity contribution >= 4 is 22.5 Å². The summed E-state index contributed by atoms with van der Waals surface area (Å²) in [6, 6.07) is 5.98. The van der Waals surface area contributed by atoms with Gasteiger partial charge in [-0.05, 0) is 74.7 Å². The topological polar surface area (TPSA) is 68.8 Å². The molecule has 0 radical (unpaired) electrons. The minimum atomic E-state index is -0.663. The Bertz CT molecular complexity index is 1580. The molecule has 0 spiro atoms. The number of likely N-dealkylation sites (tertiary alicyclic amines) is 1. The first-order valence-corrected chi connectivity index (χ1v) is 12.4. The molecule has 0 saturated carbocycles. The summed E-state index contributed by atoms with van der Waals surface area (Å²) in [5.41, 5.74) is 0.806. The first kappa shape index (κ1) is 24.9. The largest absolute Gasteiger partial charge is 0.444 e. The fourth-order valence-electron chi connectivity index (χ4n) is 5.01. The molecule has 5 rings (SSSR count). The molecule has 0 bridgehead atoms. The number of carbonyl (C=O) groups excluding carboxylic acids is 1. The lowest BCUT2D eigenvalue weighted by molar-refractivity contribution is 0.0283. The summed E-state index contributed by atoms with van der Waals surface area (Å²) in [6.45, 7) is 10.6. The standard InChI is InChI=1S/C28H30F2N4O3/c1-16-11-34(27(36)37-28(3,4)5)15-21(16)14-32-7-6-18-8-19(9-22(29)24(18)26(32)35)20-10-23(30)25-31-17(2)12-33(25)13-20/h6-10,12-13,16,21H,11,14-15H2,1-5H3/t16-,21+/m0/s1. The van der Waals surface area contributed by atoms with Crippen LogP contribution < -0.4 is 5.56 Å². The first-order chi connectivity index (χ1) is 17.4. The van der Waals surface area contributed by atoms with Crippen LogP contribution in [0.15, 0.2) is 47.7 Å². The molecule has 3 aromatic heterocycles. The van der Waals surface area contributed by atoms with Crippen LogP contribution in [0.3, 0.4) is 0 Å². The number of aromatic nitrogens is 3. The predicted molar refractivity (Wildman–Crippen MR) is 138 cm³/mol. The van der Waals surface area contributed by atoms with Gasteiger partial charge in [0.05, 0.1) is 11.1 Å². The number of carbonyl (C=O) groups is 1. The van der Waals surface area contributed by atoms with E-state index in [4.69, 9.17) is 4.74 Å². The van der Waals surface area contributed by atoms with Crippen molar-refractivity contribution in [2.75, 3.05) is 13.1 Å². The van der Waals surface area contributed by atoms with Crippen LogP contribution in [0, 0.1) is 30.4 Å². The van der Waals surface area contributed by atoms with E-state index in [2.05, 4.69) is 4.98 Å². The molecule has 0 aliphatic carbocycles. The monoisotopic (exact) mass is 508 g/mol. The third kappa shape index (κ3) is 4.82. The maximum Gasteiger partial charge on any atom is 0.410 e. The summed E-state index contributed by atoms with van der Waals surface area (Å²) in [7, 11) is 0. The van der Waals surface area contributed by atoms with Crippen molar-refractivity contribution < 1.29 is 18.3 Å². The van der Waals surface area contributed by atoms with Crippen LogP contribution in [0.25, 0.3) is 27.5 Å². The van der Waals surface area contributed by atoms with E-state index < -0.39 is 22.8 Å². The van der Waals surface area contributed by atoms with E-state index in [0.717, 1.165) is 0 Å². The lowest BCUT2D eigenvalue weighted by Crippen LogP contribution is -2.36. The van der Waals surface area contributed by atoms with Crippen LogP contribution in [0.1, 0.15) is 33.4 Å². The zero-order valence-electron chi connectivity index (χ0n) is 21.6. The highest BCUT2D eigenvalue weighted by Gasteiger charge is 2.35.